The number of likely N-dealkylation sites (tertiary alicyclic amines) is 1. The second-order valence-corrected chi connectivity index (χ2v) is 15.8. The number of carbonyl (C=O) groups excluding carboxylic acids is 5. The Morgan fingerprint density at radius 1 is 0.721 bits per heavy atom. The molecule has 2 fully saturated rings. The van der Waals surface area contributed by atoms with E-state index in [4.69, 9.17) is 16.2 Å². The average Bonchev–Trinajstić information content (AvgIpc) is 3.30. The number of nitrogens with one attached hydrogen (secondary N) is 7. The normalized spacial score (nSPS) is 15.0. The molecule has 366 valence electrons. The van der Waals surface area contributed by atoms with Gasteiger partial charge in [-0.3, -0.25) is 24.0 Å². The fourth-order valence-electron chi connectivity index (χ4n) is 7.32. The van der Waals surface area contributed by atoms with Gasteiger partial charge in [0.25, 0.3) is 17.7 Å². The van der Waals surface area contributed by atoms with Crippen LogP contribution in [0, 0.1) is 19.3 Å². The van der Waals surface area contributed by atoms with Gasteiger partial charge in [0.2, 0.25) is 23.7 Å². The molecule has 4 heterocycles. The summed E-state index contributed by atoms with van der Waals surface area (Å²) >= 11 is 0. The Kier molecular flexibility index (Phi) is 21.1. The number of anilines is 8. The molecular weight excluding hydrogens is 963 g/mol. The number of nitrogens with two attached hydrogens (primary N) is 2. The third-order valence-electron chi connectivity index (χ3n) is 10.5. The van der Waals surface area contributed by atoms with Gasteiger partial charge in [0.05, 0.1) is 11.1 Å². The molecule has 2 aliphatic heterocycles. The van der Waals surface area contributed by atoms with Crippen LogP contribution in [-0.2, 0) is 34.8 Å². The molecule has 2 atom stereocenters. The van der Waals surface area contributed by atoms with Gasteiger partial charge in [-0.25, -0.2) is 9.97 Å². The van der Waals surface area contributed by atoms with Crippen LogP contribution in [0.4, 0.5) is 46.3 Å². The third-order valence-corrected chi connectivity index (χ3v) is 10.5. The Morgan fingerprint density at radius 2 is 1.24 bits per heavy atom. The number of hydrogen-bond donors (Lipinski definition) is 9. The minimum absolute atomic E-state index is 0. The van der Waals surface area contributed by atoms with Gasteiger partial charge in [-0.2, -0.15) is 9.97 Å². The molecule has 2 unspecified atom stereocenters. The van der Waals surface area contributed by atoms with Crippen molar-refractivity contribution in [3.63, 3.8) is 0 Å². The molecule has 0 bridgehead atoms. The van der Waals surface area contributed by atoms with E-state index in [2.05, 4.69) is 57.2 Å². The summed E-state index contributed by atoms with van der Waals surface area (Å²) in [6.45, 7) is 7.30. The van der Waals surface area contributed by atoms with E-state index in [1.807, 2.05) is 41.3 Å². The topological polar surface area (TPSA) is 286 Å². The molecule has 11 N–H and O–H groups in total. The first kappa shape index (κ1) is 53.4. The molecule has 21 heteroatoms. The van der Waals surface area contributed by atoms with Crippen LogP contribution in [0.3, 0.4) is 0 Å². The van der Waals surface area contributed by atoms with Gasteiger partial charge in [-0.1, -0.05) is 30.3 Å². The van der Waals surface area contributed by atoms with Crippen LogP contribution in [0.2, 0.25) is 0 Å². The molecule has 2 aromatic heterocycles. The van der Waals surface area contributed by atoms with Gasteiger partial charge >= 0.3 is 0 Å². The summed E-state index contributed by atoms with van der Waals surface area (Å²) in [5, 5.41) is 21.4. The SMILES string of the molecule is CC(=O)Nc1cccc(Nc2ncc(C(N)=O)c(NCC3CCCN(C(=O)COc4ccccc4)C3)n2)c1.CC(=O)Nc1cccc(Nc2ncc(C(N)=O)c(NCC3CCCNC3)n2)c1.[CH3-].[HH].[Pd]. The number of primary amides is 2. The summed E-state index contributed by atoms with van der Waals surface area (Å²) in [6, 6.07) is 23.5. The number of nitrogens with zero attached hydrogens (tertiary/aromatic N) is 5. The Morgan fingerprint density at radius 3 is 1.74 bits per heavy atom. The fraction of sp³-hybridized carbons (Fsp3) is 0.319. The molecule has 0 radical (unpaired) electrons. The third kappa shape index (κ3) is 16.9. The maximum atomic E-state index is 12.7. The van der Waals surface area contributed by atoms with E-state index < -0.39 is 11.8 Å². The second kappa shape index (κ2) is 26.8. The molecule has 0 spiro atoms. The quantitative estimate of drug-likeness (QED) is 0.0417. The Hall–Kier alpha value is -7.21. The minimum Gasteiger partial charge on any atom is -0.484 e. The van der Waals surface area contributed by atoms with Crippen molar-refractivity contribution in [2.24, 2.45) is 23.3 Å². The standard InChI is InChI=1S/C27H31N7O4.C19H25N7O2.CH3.Pd.H2/c1-18(35)31-20-8-5-9-21(13-20)32-27-30-15-23(25(28)37)26(33-27)29-14-19-7-6-12-34(16-19)24(36)17-38-22-10-3-2-4-11-22;1-12(27)24-14-5-2-6-15(8-14)25-19-23-11-16(17(20)28)18(26-19)22-10-13-4-3-7-21-9-13;;;/h2-5,8-11,13,15,19H,6-7,12,14,16-17H2,1H3,(H2,28,37)(H,31,35)(H2,29,30,32,33);2,5-6,8,11,13,21H,3-4,7,9-10H2,1H3,(H2,20,28)(H,24,27)(H2,22,23,25,26);1H3;;1H/q;;-1;;. The summed E-state index contributed by atoms with van der Waals surface area (Å²) in [4.78, 5) is 78.1. The summed E-state index contributed by atoms with van der Waals surface area (Å²) in [5.41, 5.74) is 14.1. The summed E-state index contributed by atoms with van der Waals surface area (Å²) in [5.74, 6) is 0.971. The van der Waals surface area contributed by atoms with E-state index in [0.717, 1.165) is 38.8 Å². The van der Waals surface area contributed by atoms with E-state index in [1.165, 1.54) is 26.2 Å². The van der Waals surface area contributed by atoms with Crippen LogP contribution in [0.1, 0.15) is 61.7 Å². The van der Waals surface area contributed by atoms with E-state index in [0.29, 0.717) is 78.2 Å². The van der Waals surface area contributed by atoms with Crippen molar-refractivity contribution in [1.82, 2.24) is 30.2 Å². The van der Waals surface area contributed by atoms with Crippen LogP contribution in [0.5, 0.6) is 5.75 Å². The van der Waals surface area contributed by atoms with Gasteiger partial charge in [0.1, 0.15) is 17.4 Å². The van der Waals surface area contributed by atoms with Crippen LogP contribution in [0.15, 0.2) is 91.3 Å². The number of ether oxygens (including phenoxy) is 1. The van der Waals surface area contributed by atoms with Crippen molar-refractivity contribution in [1.29, 1.82) is 0 Å². The fourth-order valence-corrected chi connectivity index (χ4v) is 7.32. The molecule has 2 aliphatic rings. The van der Waals surface area contributed by atoms with Crippen molar-refractivity contribution in [2.75, 3.05) is 77.8 Å². The van der Waals surface area contributed by atoms with Gasteiger partial charge in [0.15, 0.2) is 6.61 Å². The van der Waals surface area contributed by atoms with Crippen molar-refractivity contribution in [3.05, 3.63) is 110 Å². The smallest absolute Gasteiger partial charge is 0.260 e. The first-order chi connectivity index (χ1) is 31.9. The zero-order valence-electron chi connectivity index (χ0n) is 38.2. The molecule has 20 nitrogen and oxygen atoms in total. The van der Waals surface area contributed by atoms with Crippen LogP contribution < -0.4 is 53.4 Å². The van der Waals surface area contributed by atoms with Crippen LogP contribution in [0.25, 0.3) is 0 Å². The zero-order chi connectivity index (χ0) is 46.8. The van der Waals surface area contributed by atoms with Gasteiger partial charge in [0, 0.05) is 97.0 Å². The average molecular weight is 1020 g/mol. The van der Waals surface area contributed by atoms with E-state index >= 15 is 0 Å². The Balaban J connectivity index is 0.000000365. The van der Waals surface area contributed by atoms with Crippen LogP contribution in [-0.4, -0.2) is 100 Å². The van der Waals surface area contributed by atoms with E-state index in [1.54, 1.807) is 42.5 Å². The van der Waals surface area contributed by atoms with Crippen molar-refractivity contribution >= 4 is 75.8 Å². The number of hydrogen-bond acceptors (Lipinski definition) is 15. The number of rotatable bonds is 17. The Labute approximate surface area is 411 Å². The summed E-state index contributed by atoms with van der Waals surface area (Å²) < 4.78 is 5.61. The second-order valence-electron chi connectivity index (χ2n) is 15.8. The van der Waals surface area contributed by atoms with Crippen molar-refractivity contribution in [3.8, 4) is 5.75 Å². The molecule has 5 aromatic rings. The maximum absolute atomic E-state index is 12.7. The monoisotopic (exact) mass is 1020 g/mol. The molecule has 2 saturated heterocycles. The van der Waals surface area contributed by atoms with Crippen molar-refractivity contribution in [2.45, 2.75) is 39.5 Å². The molecule has 5 amide bonds. The number of piperidine rings is 2. The zero-order valence-corrected chi connectivity index (χ0v) is 39.8. The molecule has 0 aliphatic carbocycles. The summed E-state index contributed by atoms with van der Waals surface area (Å²) in [6.07, 6.45) is 6.84. The first-order valence-electron chi connectivity index (χ1n) is 21.7. The molecular formula is C47H61N14O6Pd-. The Bertz CT molecular complexity index is 2480. The van der Waals surface area contributed by atoms with Crippen molar-refractivity contribution < 1.29 is 50.6 Å². The number of carbonyl (C=O) groups is 5. The number of aromatic nitrogens is 4. The molecule has 7 rings (SSSR count). The van der Waals surface area contributed by atoms with Crippen LogP contribution >= 0.6 is 0 Å². The van der Waals surface area contributed by atoms with Gasteiger partial charge in [-0.05, 0) is 99.1 Å². The van der Waals surface area contributed by atoms with E-state index in [9.17, 15) is 24.0 Å². The number of amides is 5. The number of para-hydroxylation sites is 1. The minimum atomic E-state index is -0.648. The summed E-state index contributed by atoms with van der Waals surface area (Å²) in [7, 11) is 0. The largest absolute Gasteiger partial charge is 0.484 e. The predicted molar refractivity (Wildman–Crippen MR) is 261 cm³/mol. The van der Waals surface area contributed by atoms with Gasteiger partial charge < -0.3 is 65.7 Å². The number of benzene rings is 3. The van der Waals surface area contributed by atoms with Gasteiger partial charge in [-0.15, -0.1) is 0 Å². The van der Waals surface area contributed by atoms with E-state index in [-0.39, 0.29) is 76.6 Å². The molecule has 3 aromatic carbocycles. The predicted octanol–water partition coefficient (Wildman–Crippen LogP) is 5.39. The first-order valence-corrected chi connectivity index (χ1v) is 21.7. The maximum Gasteiger partial charge on any atom is 0.260 e. The molecule has 68 heavy (non-hydrogen) atoms. The molecule has 0 saturated carbocycles.